The van der Waals surface area contributed by atoms with E-state index in [9.17, 15) is 4.79 Å². The molecule has 0 aromatic carbocycles. The van der Waals surface area contributed by atoms with Gasteiger partial charge in [0.25, 0.3) is 5.56 Å². The average Bonchev–Trinajstić information content (AvgIpc) is 2.41. The molecule has 0 spiro atoms. The molecule has 2 N–H and O–H groups in total. The van der Waals surface area contributed by atoms with Crippen molar-refractivity contribution in [3.8, 4) is 0 Å². The lowest BCUT2D eigenvalue weighted by Gasteiger charge is -2.30. The molecule has 2 heterocycles. The highest BCUT2D eigenvalue weighted by atomic mass is 16.1. The van der Waals surface area contributed by atoms with Crippen LogP contribution in [0.2, 0.25) is 0 Å². The van der Waals surface area contributed by atoms with Gasteiger partial charge >= 0.3 is 0 Å². The molecule has 18 heavy (non-hydrogen) atoms. The van der Waals surface area contributed by atoms with E-state index in [1.54, 1.807) is 0 Å². The summed E-state index contributed by atoms with van der Waals surface area (Å²) in [5, 5.41) is 0. The van der Waals surface area contributed by atoms with Gasteiger partial charge in [-0.05, 0) is 24.6 Å². The number of nitrogens with two attached hydrogens (primary N) is 1. The smallest absolute Gasteiger partial charge is 0.255 e. The lowest BCUT2D eigenvalue weighted by atomic mass is 10.0. The molecule has 100 valence electrons. The fourth-order valence-electron chi connectivity index (χ4n) is 2.72. The van der Waals surface area contributed by atoms with Gasteiger partial charge in [-0.3, -0.25) is 9.69 Å². The van der Waals surface area contributed by atoms with Gasteiger partial charge in [0.05, 0.1) is 0 Å². The minimum Gasteiger partial charge on any atom is -0.326 e. The van der Waals surface area contributed by atoms with E-state index in [1.165, 1.54) is 11.3 Å². The van der Waals surface area contributed by atoms with Crippen molar-refractivity contribution in [1.29, 1.82) is 0 Å². The normalized spacial score (nSPS) is 15.7. The van der Waals surface area contributed by atoms with Crippen molar-refractivity contribution < 1.29 is 0 Å². The van der Waals surface area contributed by atoms with E-state index in [1.807, 2.05) is 10.6 Å². The number of nitrogens with zero attached hydrogens (tertiary/aromatic N) is 2. The third-order valence-corrected chi connectivity index (χ3v) is 3.74. The molecule has 0 aliphatic carbocycles. The topological polar surface area (TPSA) is 51.3 Å². The number of aromatic nitrogens is 1. The Morgan fingerprint density at radius 2 is 2.17 bits per heavy atom. The second-order valence-corrected chi connectivity index (χ2v) is 4.92. The quantitative estimate of drug-likeness (QED) is 0.869. The Hall–Kier alpha value is -1.13. The van der Waals surface area contributed by atoms with E-state index in [0.717, 1.165) is 44.6 Å². The third-order valence-electron chi connectivity index (χ3n) is 3.74. The van der Waals surface area contributed by atoms with Gasteiger partial charge in [0.15, 0.2) is 0 Å². The van der Waals surface area contributed by atoms with Gasteiger partial charge in [-0.2, -0.15) is 0 Å². The number of likely N-dealkylation sites (N-methyl/N-ethyl adjacent to an activating group) is 1. The van der Waals surface area contributed by atoms with Crippen LogP contribution in [0.3, 0.4) is 0 Å². The summed E-state index contributed by atoms with van der Waals surface area (Å²) in [5.74, 6) is 0. The monoisotopic (exact) mass is 249 g/mol. The number of hydrogen-bond donors (Lipinski definition) is 1. The van der Waals surface area contributed by atoms with Crippen molar-refractivity contribution in [2.24, 2.45) is 5.73 Å². The standard InChI is InChI=1S/C14H23N3O/c1-3-6-17-13-5-7-16(4-2)10-12(13)8-11(9-15)14(17)18/h8H,3-7,9-10,15H2,1-2H3. The van der Waals surface area contributed by atoms with Gasteiger partial charge in [0, 0.05) is 43.9 Å². The Bertz CT molecular complexity index is 479. The second kappa shape index (κ2) is 5.67. The van der Waals surface area contributed by atoms with E-state index in [2.05, 4.69) is 18.7 Å². The summed E-state index contributed by atoms with van der Waals surface area (Å²) < 4.78 is 1.95. The number of pyridine rings is 1. The van der Waals surface area contributed by atoms with Crippen molar-refractivity contribution in [2.45, 2.75) is 46.3 Å². The molecule has 4 heteroatoms. The van der Waals surface area contributed by atoms with Crippen LogP contribution in [-0.4, -0.2) is 22.6 Å². The molecule has 0 saturated heterocycles. The van der Waals surface area contributed by atoms with Crippen LogP contribution in [0.25, 0.3) is 0 Å². The lowest BCUT2D eigenvalue weighted by molar-refractivity contribution is 0.261. The molecule has 0 fully saturated rings. The molecule has 0 unspecified atom stereocenters. The van der Waals surface area contributed by atoms with Crippen molar-refractivity contribution >= 4 is 0 Å². The summed E-state index contributed by atoms with van der Waals surface area (Å²) >= 11 is 0. The third kappa shape index (κ3) is 2.35. The molecule has 0 saturated carbocycles. The van der Waals surface area contributed by atoms with Crippen molar-refractivity contribution in [3.63, 3.8) is 0 Å². The molecule has 1 aromatic rings. The van der Waals surface area contributed by atoms with Gasteiger partial charge in [-0.15, -0.1) is 0 Å². The zero-order valence-corrected chi connectivity index (χ0v) is 11.4. The Morgan fingerprint density at radius 1 is 1.39 bits per heavy atom. The van der Waals surface area contributed by atoms with Gasteiger partial charge in [0.1, 0.15) is 0 Å². The summed E-state index contributed by atoms with van der Waals surface area (Å²) in [6.07, 6.45) is 1.96. The van der Waals surface area contributed by atoms with E-state index in [4.69, 9.17) is 5.73 Å². The van der Waals surface area contributed by atoms with E-state index in [0.29, 0.717) is 6.54 Å². The van der Waals surface area contributed by atoms with Crippen molar-refractivity contribution in [2.75, 3.05) is 13.1 Å². The summed E-state index contributed by atoms with van der Waals surface area (Å²) in [5.41, 5.74) is 9.07. The largest absolute Gasteiger partial charge is 0.326 e. The zero-order valence-electron chi connectivity index (χ0n) is 11.4. The fraction of sp³-hybridized carbons (Fsp3) is 0.643. The fourth-order valence-corrected chi connectivity index (χ4v) is 2.72. The summed E-state index contributed by atoms with van der Waals surface area (Å²) in [6, 6.07) is 2.02. The maximum Gasteiger partial charge on any atom is 0.255 e. The maximum atomic E-state index is 12.3. The Morgan fingerprint density at radius 3 is 2.78 bits per heavy atom. The van der Waals surface area contributed by atoms with Crippen LogP contribution in [0.15, 0.2) is 10.9 Å². The maximum absolute atomic E-state index is 12.3. The highest BCUT2D eigenvalue weighted by Gasteiger charge is 2.20. The van der Waals surface area contributed by atoms with E-state index < -0.39 is 0 Å². The van der Waals surface area contributed by atoms with Crippen molar-refractivity contribution in [1.82, 2.24) is 9.47 Å². The molecular weight excluding hydrogens is 226 g/mol. The molecule has 4 nitrogen and oxygen atoms in total. The van der Waals surface area contributed by atoms with Crippen LogP contribution in [0.1, 0.15) is 37.1 Å². The Balaban J connectivity index is 2.49. The van der Waals surface area contributed by atoms with Gasteiger partial charge in [0.2, 0.25) is 0 Å². The first-order valence-corrected chi connectivity index (χ1v) is 6.88. The summed E-state index contributed by atoms with van der Waals surface area (Å²) in [4.78, 5) is 14.7. The number of fused-ring (bicyclic) bond motifs is 1. The van der Waals surface area contributed by atoms with Gasteiger partial charge in [-0.25, -0.2) is 0 Å². The molecule has 0 atom stereocenters. The molecule has 1 aliphatic rings. The number of rotatable bonds is 4. The van der Waals surface area contributed by atoms with Gasteiger partial charge in [-0.1, -0.05) is 13.8 Å². The molecular formula is C14H23N3O. The zero-order chi connectivity index (χ0) is 13.1. The first-order valence-electron chi connectivity index (χ1n) is 6.88. The van der Waals surface area contributed by atoms with Crippen LogP contribution >= 0.6 is 0 Å². The van der Waals surface area contributed by atoms with Crippen LogP contribution < -0.4 is 11.3 Å². The summed E-state index contributed by atoms with van der Waals surface area (Å²) in [7, 11) is 0. The summed E-state index contributed by atoms with van der Waals surface area (Å²) in [6.45, 7) is 8.48. The van der Waals surface area contributed by atoms with Crippen LogP contribution in [-0.2, 0) is 26.1 Å². The lowest BCUT2D eigenvalue weighted by Crippen LogP contribution is -2.37. The predicted octanol–water partition coefficient (Wildman–Crippen LogP) is 1.10. The van der Waals surface area contributed by atoms with Crippen LogP contribution in [0.5, 0.6) is 0 Å². The molecule has 0 bridgehead atoms. The predicted molar refractivity (Wildman–Crippen MR) is 73.5 cm³/mol. The minimum atomic E-state index is 0.114. The Kier molecular flexibility index (Phi) is 4.19. The highest BCUT2D eigenvalue weighted by molar-refractivity contribution is 5.29. The highest BCUT2D eigenvalue weighted by Crippen LogP contribution is 2.18. The molecule has 1 aliphatic heterocycles. The Labute approximate surface area is 108 Å². The molecule has 0 radical (unpaired) electrons. The van der Waals surface area contributed by atoms with Crippen LogP contribution in [0.4, 0.5) is 0 Å². The van der Waals surface area contributed by atoms with Crippen LogP contribution in [0, 0.1) is 0 Å². The van der Waals surface area contributed by atoms with E-state index in [-0.39, 0.29) is 5.56 Å². The number of hydrogen-bond acceptors (Lipinski definition) is 3. The second-order valence-electron chi connectivity index (χ2n) is 4.92. The molecule has 1 aromatic heterocycles. The SMILES string of the molecule is CCCn1c2c(cc(CN)c1=O)CN(CC)CC2. The van der Waals surface area contributed by atoms with E-state index >= 15 is 0 Å². The van der Waals surface area contributed by atoms with Gasteiger partial charge < -0.3 is 10.3 Å². The van der Waals surface area contributed by atoms with Crippen molar-refractivity contribution in [3.05, 3.63) is 33.2 Å². The average molecular weight is 249 g/mol. The molecule has 0 amide bonds. The first kappa shape index (κ1) is 13.3. The minimum absolute atomic E-state index is 0.114. The first-order chi connectivity index (χ1) is 8.71. The molecule has 2 rings (SSSR count).